The molecule has 0 saturated carbocycles. The zero-order chi connectivity index (χ0) is 20.2. The predicted molar refractivity (Wildman–Crippen MR) is 95.6 cm³/mol. The molecule has 2 aromatic rings. The van der Waals surface area contributed by atoms with Gasteiger partial charge < -0.3 is 18.9 Å². The Bertz CT molecular complexity index is 949. The van der Waals surface area contributed by atoms with Crippen molar-refractivity contribution in [3.8, 4) is 23.0 Å². The molecule has 0 spiro atoms. The fraction of sp³-hybridized carbons (Fsp3) is 0.250. The van der Waals surface area contributed by atoms with Crippen molar-refractivity contribution >= 4 is 20.0 Å². The first-order valence-corrected chi connectivity index (χ1v) is 10.2. The maximum Gasteiger partial charge on any atom is 0.271 e. The van der Waals surface area contributed by atoms with Gasteiger partial charge in [0.1, 0.15) is 0 Å². The van der Waals surface area contributed by atoms with Crippen LogP contribution in [0.15, 0.2) is 46.2 Å². The van der Waals surface area contributed by atoms with E-state index in [0.717, 1.165) is 12.1 Å². The van der Waals surface area contributed by atoms with Gasteiger partial charge in [-0.05, 0) is 24.3 Å². The molecule has 2 rings (SSSR count). The second-order valence-electron chi connectivity index (χ2n) is 5.06. The van der Waals surface area contributed by atoms with Gasteiger partial charge in [-0.1, -0.05) is 0 Å². The maximum atomic E-state index is 12.5. The van der Waals surface area contributed by atoms with E-state index in [2.05, 4.69) is 4.13 Å². The minimum absolute atomic E-state index is 0.122. The van der Waals surface area contributed by atoms with Gasteiger partial charge in [-0.15, -0.1) is 0 Å². The summed E-state index contributed by atoms with van der Waals surface area (Å²) in [5.74, 6) is 0.827. The smallest absolute Gasteiger partial charge is 0.271 e. The molecule has 11 heteroatoms. The molecule has 0 amide bonds. The van der Waals surface area contributed by atoms with Crippen molar-refractivity contribution in [1.82, 2.24) is 4.13 Å². The first-order valence-electron chi connectivity index (χ1n) is 7.37. The minimum Gasteiger partial charge on any atom is -0.493 e. The Morgan fingerprint density at radius 3 is 1.22 bits per heavy atom. The molecule has 9 nitrogen and oxygen atoms in total. The lowest BCUT2D eigenvalue weighted by Gasteiger charge is -2.11. The highest BCUT2D eigenvalue weighted by Gasteiger charge is 2.29. The Morgan fingerprint density at radius 1 is 0.593 bits per heavy atom. The van der Waals surface area contributed by atoms with E-state index in [0.29, 0.717) is 11.5 Å². The maximum absolute atomic E-state index is 12.5. The molecule has 0 atom stereocenters. The number of nitrogens with zero attached hydrogens (tertiary/aromatic N) is 1. The van der Waals surface area contributed by atoms with E-state index in [-0.39, 0.29) is 21.3 Å². The molecule has 0 aromatic heterocycles. The molecule has 0 saturated heterocycles. The fourth-order valence-corrected chi connectivity index (χ4v) is 4.88. The Balaban J connectivity index is 2.42. The van der Waals surface area contributed by atoms with E-state index in [1.165, 1.54) is 52.7 Å². The lowest BCUT2D eigenvalue weighted by atomic mass is 10.3. The summed E-state index contributed by atoms with van der Waals surface area (Å²) in [6.07, 6.45) is 0. The van der Waals surface area contributed by atoms with Crippen LogP contribution in [0.3, 0.4) is 0 Å². The number of methoxy groups -OCH3 is 4. The zero-order valence-corrected chi connectivity index (χ0v) is 16.6. The third-order valence-electron chi connectivity index (χ3n) is 3.50. The third kappa shape index (κ3) is 4.43. The van der Waals surface area contributed by atoms with Crippen molar-refractivity contribution in [1.29, 1.82) is 0 Å². The standard InChI is InChI=1S/C16H18NO8S2/c1-22-13-7-5-11(9-15(13)24-3)26(18,19)17-27(20,21)12-6-8-14(23-2)16(10-12)25-4/h5-10H,1-4H3. The van der Waals surface area contributed by atoms with Crippen LogP contribution < -0.4 is 23.1 Å². The van der Waals surface area contributed by atoms with Crippen LogP contribution in [0, 0.1) is 0 Å². The zero-order valence-electron chi connectivity index (χ0n) is 15.0. The Hall–Kier alpha value is -2.50. The summed E-state index contributed by atoms with van der Waals surface area (Å²) in [7, 11) is -3.64. The van der Waals surface area contributed by atoms with Crippen LogP contribution >= 0.6 is 0 Å². The van der Waals surface area contributed by atoms with Gasteiger partial charge in [0.15, 0.2) is 23.0 Å². The van der Waals surface area contributed by atoms with Crippen molar-refractivity contribution < 1.29 is 35.8 Å². The summed E-state index contributed by atoms with van der Waals surface area (Å²) in [6.45, 7) is 0. The molecular formula is C16H18NO8S2. The van der Waals surface area contributed by atoms with Gasteiger partial charge in [-0.2, -0.15) is 0 Å². The van der Waals surface area contributed by atoms with Gasteiger partial charge in [0, 0.05) is 16.3 Å². The van der Waals surface area contributed by atoms with E-state index in [4.69, 9.17) is 18.9 Å². The molecule has 147 valence electrons. The van der Waals surface area contributed by atoms with E-state index in [1.807, 2.05) is 0 Å². The molecule has 0 bridgehead atoms. The second-order valence-corrected chi connectivity index (χ2v) is 8.50. The summed E-state index contributed by atoms with van der Waals surface area (Å²) < 4.78 is 73.1. The summed E-state index contributed by atoms with van der Waals surface area (Å²) in [5.41, 5.74) is 0. The molecule has 0 heterocycles. The first kappa shape index (κ1) is 20.8. The van der Waals surface area contributed by atoms with Gasteiger partial charge >= 0.3 is 0 Å². The fourth-order valence-electron chi connectivity index (χ4n) is 2.17. The van der Waals surface area contributed by atoms with Crippen molar-refractivity contribution in [2.75, 3.05) is 28.4 Å². The van der Waals surface area contributed by atoms with Crippen LogP contribution in [0.25, 0.3) is 0 Å². The summed E-state index contributed by atoms with van der Waals surface area (Å²) >= 11 is 0. The van der Waals surface area contributed by atoms with E-state index in [9.17, 15) is 16.8 Å². The highest BCUT2D eigenvalue weighted by Crippen LogP contribution is 2.32. The van der Waals surface area contributed by atoms with Crippen LogP contribution in [0.4, 0.5) is 0 Å². The first-order chi connectivity index (χ1) is 12.7. The molecule has 0 aliphatic heterocycles. The number of rotatable bonds is 8. The molecule has 27 heavy (non-hydrogen) atoms. The normalized spacial score (nSPS) is 11.7. The number of hydrogen-bond acceptors (Lipinski definition) is 8. The molecule has 0 N–H and O–H groups in total. The van der Waals surface area contributed by atoms with Crippen LogP contribution in [-0.2, 0) is 20.0 Å². The SMILES string of the molecule is COc1ccc(S(=O)(=O)[N]S(=O)(=O)c2ccc(OC)c(OC)c2)cc1OC. The quantitative estimate of drug-likeness (QED) is 0.633. The van der Waals surface area contributed by atoms with Crippen molar-refractivity contribution in [3.63, 3.8) is 0 Å². The van der Waals surface area contributed by atoms with Gasteiger partial charge in [0.25, 0.3) is 20.0 Å². The average Bonchev–Trinajstić information content (AvgIpc) is 2.65. The molecule has 2 aromatic carbocycles. The largest absolute Gasteiger partial charge is 0.493 e. The molecular weight excluding hydrogens is 398 g/mol. The van der Waals surface area contributed by atoms with Crippen LogP contribution in [-0.4, -0.2) is 45.3 Å². The molecule has 0 unspecified atom stereocenters. The lowest BCUT2D eigenvalue weighted by molar-refractivity contribution is 0.354. The van der Waals surface area contributed by atoms with Crippen molar-refractivity contribution in [2.24, 2.45) is 0 Å². The highest BCUT2D eigenvalue weighted by molar-refractivity contribution is 8.04. The minimum atomic E-state index is -4.53. The number of ether oxygens (including phenoxy) is 4. The van der Waals surface area contributed by atoms with Crippen molar-refractivity contribution in [2.45, 2.75) is 9.79 Å². The van der Waals surface area contributed by atoms with Gasteiger partial charge in [0.05, 0.1) is 38.2 Å². The topological polar surface area (TPSA) is 119 Å². The van der Waals surface area contributed by atoms with Gasteiger partial charge in [-0.3, -0.25) is 0 Å². The average molecular weight is 416 g/mol. The predicted octanol–water partition coefficient (Wildman–Crippen LogP) is 1.40. The van der Waals surface area contributed by atoms with Crippen molar-refractivity contribution in [3.05, 3.63) is 36.4 Å². The Morgan fingerprint density at radius 2 is 0.926 bits per heavy atom. The summed E-state index contributed by atoms with van der Waals surface area (Å²) in [5, 5.41) is 0. The molecule has 0 aliphatic rings. The highest BCUT2D eigenvalue weighted by atomic mass is 32.3. The number of hydrogen-bond donors (Lipinski definition) is 0. The second kappa shape index (κ2) is 8.03. The lowest BCUT2D eigenvalue weighted by Crippen LogP contribution is -2.24. The van der Waals surface area contributed by atoms with Crippen LogP contribution in [0.1, 0.15) is 0 Å². The monoisotopic (exact) mass is 416 g/mol. The van der Waals surface area contributed by atoms with Crippen LogP contribution in [0.2, 0.25) is 0 Å². The van der Waals surface area contributed by atoms with Gasteiger partial charge in [-0.25, -0.2) is 16.8 Å². The molecule has 1 radical (unpaired) electrons. The molecule has 0 aliphatic carbocycles. The number of benzene rings is 2. The summed E-state index contributed by atoms with van der Waals surface area (Å²) in [6, 6.07) is 7.27. The van der Waals surface area contributed by atoms with E-state index < -0.39 is 20.0 Å². The van der Waals surface area contributed by atoms with Crippen LogP contribution in [0.5, 0.6) is 23.0 Å². The third-order valence-corrected chi connectivity index (χ3v) is 6.77. The van der Waals surface area contributed by atoms with E-state index >= 15 is 0 Å². The Kier molecular flexibility index (Phi) is 6.19. The molecule has 0 fully saturated rings. The Labute approximate surface area is 157 Å². The van der Waals surface area contributed by atoms with Gasteiger partial charge in [0.2, 0.25) is 0 Å². The number of sulfonamides is 2. The summed E-state index contributed by atoms with van der Waals surface area (Å²) in [4.78, 5) is -0.714. The van der Waals surface area contributed by atoms with E-state index in [1.54, 1.807) is 0 Å².